The van der Waals surface area contributed by atoms with Gasteiger partial charge in [-0.1, -0.05) is 6.92 Å². The zero-order valence-corrected chi connectivity index (χ0v) is 9.02. The van der Waals surface area contributed by atoms with Crippen LogP contribution in [0.4, 0.5) is 4.39 Å². The van der Waals surface area contributed by atoms with Gasteiger partial charge in [-0.3, -0.25) is 4.68 Å². The summed E-state index contributed by atoms with van der Waals surface area (Å²) in [7, 11) is 0. The Bertz CT molecular complexity index is 494. The molecule has 1 aromatic heterocycles. The Balaban J connectivity index is 2.35. The second-order valence-corrected chi connectivity index (χ2v) is 3.66. The van der Waals surface area contributed by atoms with Crippen LogP contribution in [0.2, 0.25) is 0 Å². The molecule has 84 valence electrons. The number of rotatable bonds is 3. The van der Waals surface area contributed by atoms with E-state index in [1.165, 1.54) is 6.07 Å². The van der Waals surface area contributed by atoms with Crippen molar-refractivity contribution in [3.63, 3.8) is 0 Å². The summed E-state index contributed by atoms with van der Waals surface area (Å²) in [5.74, 6) is -0.502. The quantitative estimate of drug-likeness (QED) is 0.863. The standard InChI is InChI=1S/C12H13FN2O/c1-2-5-15-8-9(7-14-15)11-4-3-10(16)6-12(11)13/h3-4,6-8,16H,2,5H2,1H3. The second-order valence-electron chi connectivity index (χ2n) is 3.66. The maximum atomic E-state index is 13.5. The van der Waals surface area contributed by atoms with Crippen LogP contribution in [0.5, 0.6) is 5.75 Å². The molecule has 0 fully saturated rings. The average molecular weight is 220 g/mol. The Morgan fingerprint density at radius 3 is 2.94 bits per heavy atom. The molecular formula is C12H13FN2O. The van der Waals surface area contributed by atoms with Crippen LogP contribution in [0.15, 0.2) is 30.6 Å². The van der Waals surface area contributed by atoms with Crippen LogP contribution in [0.1, 0.15) is 13.3 Å². The van der Waals surface area contributed by atoms with Gasteiger partial charge in [0.2, 0.25) is 0 Å². The highest BCUT2D eigenvalue weighted by Crippen LogP contribution is 2.25. The summed E-state index contributed by atoms with van der Waals surface area (Å²) in [6, 6.07) is 4.13. The molecule has 0 aliphatic rings. The molecule has 2 aromatic rings. The Morgan fingerprint density at radius 2 is 2.25 bits per heavy atom. The van der Waals surface area contributed by atoms with Gasteiger partial charge >= 0.3 is 0 Å². The highest BCUT2D eigenvalue weighted by molar-refractivity contribution is 5.63. The van der Waals surface area contributed by atoms with E-state index in [9.17, 15) is 4.39 Å². The number of aromatic hydroxyl groups is 1. The summed E-state index contributed by atoms with van der Waals surface area (Å²) in [6.45, 7) is 2.88. The minimum Gasteiger partial charge on any atom is -0.508 e. The number of aryl methyl sites for hydroxylation is 1. The molecule has 0 aliphatic heterocycles. The molecule has 3 nitrogen and oxygen atoms in total. The van der Waals surface area contributed by atoms with Crippen LogP contribution in [0.3, 0.4) is 0 Å². The molecule has 1 aromatic carbocycles. The molecule has 0 atom stereocenters. The minimum atomic E-state index is -0.434. The van der Waals surface area contributed by atoms with Crippen LogP contribution in [-0.4, -0.2) is 14.9 Å². The van der Waals surface area contributed by atoms with Gasteiger partial charge in [-0.25, -0.2) is 4.39 Å². The molecule has 0 spiro atoms. The summed E-state index contributed by atoms with van der Waals surface area (Å²) in [5.41, 5.74) is 1.19. The lowest BCUT2D eigenvalue weighted by Crippen LogP contribution is -1.95. The van der Waals surface area contributed by atoms with Crippen LogP contribution in [-0.2, 0) is 6.54 Å². The van der Waals surface area contributed by atoms with Crippen LogP contribution >= 0.6 is 0 Å². The summed E-state index contributed by atoms with van der Waals surface area (Å²) in [6.07, 6.45) is 4.42. The van der Waals surface area contributed by atoms with Gasteiger partial charge in [-0.15, -0.1) is 0 Å². The largest absolute Gasteiger partial charge is 0.508 e. The van der Waals surface area contributed by atoms with Gasteiger partial charge in [0.15, 0.2) is 0 Å². The fourth-order valence-corrected chi connectivity index (χ4v) is 1.59. The molecule has 1 N–H and O–H groups in total. The van der Waals surface area contributed by atoms with Crippen molar-refractivity contribution in [3.05, 3.63) is 36.4 Å². The van der Waals surface area contributed by atoms with E-state index in [4.69, 9.17) is 5.11 Å². The first-order valence-corrected chi connectivity index (χ1v) is 5.22. The number of hydrogen-bond acceptors (Lipinski definition) is 2. The number of phenolic OH excluding ortho intramolecular Hbond substituents is 1. The average Bonchev–Trinajstić information content (AvgIpc) is 2.67. The Kier molecular flexibility index (Phi) is 2.90. The third kappa shape index (κ3) is 2.05. The van der Waals surface area contributed by atoms with E-state index in [1.54, 1.807) is 23.1 Å². The molecule has 0 saturated carbocycles. The monoisotopic (exact) mass is 220 g/mol. The smallest absolute Gasteiger partial charge is 0.134 e. The SMILES string of the molecule is CCCn1cc(-c2ccc(O)cc2F)cn1. The minimum absolute atomic E-state index is 0.0674. The summed E-state index contributed by atoms with van der Waals surface area (Å²) < 4.78 is 15.3. The normalized spacial score (nSPS) is 10.6. The van der Waals surface area contributed by atoms with Gasteiger partial charge in [0.25, 0.3) is 0 Å². The van der Waals surface area contributed by atoms with E-state index >= 15 is 0 Å². The number of nitrogens with zero attached hydrogens (tertiary/aromatic N) is 2. The van der Waals surface area contributed by atoms with Gasteiger partial charge < -0.3 is 5.11 Å². The number of halogens is 1. The van der Waals surface area contributed by atoms with Gasteiger partial charge in [0.1, 0.15) is 11.6 Å². The van der Waals surface area contributed by atoms with E-state index in [0.29, 0.717) is 5.56 Å². The van der Waals surface area contributed by atoms with Crippen LogP contribution < -0.4 is 0 Å². The van der Waals surface area contributed by atoms with E-state index in [0.717, 1.165) is 24.6 Å². The van der Waals surface area contributed by atoms with Crippen molar-refractivity contribution in [1.82, 2.24) is 9.78 Å². The first-order valence-electron chi connectivity index (χ1n) is 5.22. The molecule has 0 saturated heterocycles. The van der Waals surface area contributed by atoms with Crippen molar-refractivity contribution >= 4 is 0 Å². The number of phenols is 1. The third-order valence-corrected chi connectivity index (χ3v) is 2.35. The lowest BCUT2D eigenvalue weighted by Gasteiger charge is -2.00. The first-order chi connectivity index (χ1) is 7.70. The predicted octanol–water partition coefficient (Wildman–Crippen LogP) is 2.80. The molecule has 2 rings (SSSR count). The predicted molar refractivity (Wildman–Crippen MR) is 59.6 cm³/mol. The first kappa shape index (κ1) is 10.7. The summed E-state index contributed by atoms with van der Waals surface area (Å²) in [5, 5.41) is 13.2. The van der Waals surface area contributed by atoms with Crippen molar-refractivity contribution in [2.24, 2.45) is 0 Å². The molecular weight excluding hydrogens is 207 g/mol. The zero-order chi connectivity index (χ0) is 11.5. The number of benzene rings is 1. The van der Waals surface area contributed by atoms with Crippen molar-refractivity contribution < 1.29 is 9.50 Å². The van der Waals surface area contributed by atoms with Gasteiger partial charge in [-0.2, -0.15) is 5.10 Å². The summed E-state index contributed by atoms with van der Waals surface area (Å²) >= 11 is 0. The fraction of sp³-hybridized carbons (Fsp3) is 0.250. The molecule has 0 amide bonds. The van der Waals surface area contributed by atoms with Gasteiger partial charge in [-0.05, 0) is 18.6 Å². The second kappa shape index (κ2) is 4.35. The molecule has 0 unspecified atom stereocenters. The highest BCUT2D eigenvalue weighted by atomic mass is 19.1. The zero-order valence-electron chi connectivity index (χ0n) is 9.02. The summed E-state index contributed by atoms with van der Waals surface area (Å²) in [4.78, 5) is 0. The Hall–Kier alpha value is -1.84. The van der Waals surface area contributed by atoms with Gasteiger partial charge in [0, 0.05) is 29.9 Å². The van der Waals surface area contributed by atoms with Crippen LogP contribution in [0, 0.1) is 5.82 Å². The van der Waals surface area contributed by atoms with Crippen molar-refractivity contribution in [2.45, 2.75) is 19.9 Å². The topological polar surface area (TPSA) is 38.0 Å². The molecule has 0 radical (unpaired) electrons. The van der Waals surface area contributed by atoms with E-state index < -0.39 is 5.82 Å². The maximum absolute atomic E-state index is 13.5. The van der Waals surface area contributed by atoms with Crippen LogP contribution in [0.25, 0.3) is 11.1 Å². The van der Waals surface area contributed by atoms with E-state index in [-0.39, 0.29) is 5.75 Å². The molecule has 16 heavy (non-hydrogen) atoms. The number of hydrogen-bond donors (Lipinski definition) is 1. The molecule has 1 heterocycles. The molecule has 0 aliphatic carbocycles. The van der Waals surface area contributed by atoms with Gasteiger partial charge in [0.05, 0.1) is 6.20 Å². The lowest BCUT2D eigenvalue weighted by molar-refractivity contribution is 0.469. The van der Waals surface area contributed by atoms with E-state index in [1.807, 2.05) is 0 Å². The molecule has 4 heteroatoms. The fourth-order valence-electron chi connectivity index (χ4n) is 1.59. The van der Waals surface area contributed by atoms with Crippen molar-refractivity contribution in [2.75, 3.05) is 0 Å². The number of aromatic nitrogens is 2. The Morgan fingerprint density at radius 1 is 1.44 bits per heavy atom. The lowest BCUT2D eigenvalue weighted by atomic mass is 10.1. The van der Waals surface area contributed by atoms with Crippen molar-refractivity contribution in [3.8, 4) is 16.9 Å². The van der Waals surface area contributed by atoms with Crippen molar-refractivity contribution in [1.29, 1.82) is 0 Å². The molecule has 0 bridgehead atoms. The highest BCUT2D eigenvalue weighted by Gasteiger charge is 2.07. The Labute approximate surface area is 93.2 Å². The van der Waals surface area contributed by atoms with E-state index in [2.05, 4.69) is 12.0 Å². The maximum Gasteiger partial charge on any atom is 0.134 e. The third-order valence-electron chi connectivity index (χ3n) is 2.35.